The highest BCUT2D eigenvalue weighted by Gasteiger charge is 2.29. The van der Waals surface area contributed by atoms with E-state index in [0.717, 1.165) is 29.6 Å². The molecule has 3 rings (SSSR count). The number of aromatic nitrogens is 2. The van der Waals surface area contributed by atoms with Crippen LogP contribution < -0.4 is 11.0 Å². The summed E-state index contributed by atoms with van der Waals surface area (Å²) < 4.78 is 0. The van der Waals surface area contributed by atoms with Crippen LogP contribution in [0, 0.1) is 12.8 Å². The van der Waals surface area contributed by atoms with Crippen LogP contribution in [0.1, 0.15) is 18.4 Å². The minimum atomic E-state index is -0.231. The third kappa shape index (κ3) is 1.84. The molecule has 1 amide bonds. The number of nitrogens with one attached hydrogen (secondary N) is 3. The van der Waals surface area contributed by atoms with Gasteiger partial charge in [0.25, 0.3) is 0 Å². The number of hydrogen-bond acceptors (Lipinski definition) is 2. The van der Waals surface area contributed by atoms with Crippen molar-refractivity contribution in [1.82, 2.24) is 9.97 Å². The number of imidazole rings is 1. The first kappa shape index (κ1) is 10.1. The van der Waals surface area contributed by atoms with Crippen molar-refractivity contribution in [2.75, 3.05) is 5.32 Å². The van der Waals surface area contributed by atoms with Gasteiger partial charge in [0, 0.05) is 11.6 Å². The predicted molar refractivity (Wildman–Crippen MR) is 65.0 cm³/mol. The maximum atomic E-state index is 11.7. The zero-order valence-electron chi connectivity index (χ0n) is 9.46. The van der Waals surface area contributed by atoms with Gasteiger partial charge in [0.1, 0.15) is 0 Å². The lowest BCUT2D eigenvalue weighted by molar-refractivity contribution is -0.117. The van der Waals surface area contributed by atoms with Crippen molar-refractivity contribution in [1.29, 1.82) is 0 Å². The summed E-state index contributed by atoms with van der Waals surface area (Å²) in [6, 6.07) is 3.65. The van der Waals surface area contributed by atoms with Crippen molar-refractivity contribution >= 4 is 22.6 Å². The van der Waals surface area contributed by atoms with Crippen LogP contribution in [0.3, 0.4) is 0 Å². The summed E-state index contributed by atoms with van der Waals surface area (Å²) in [7, 11) is 0. The third-order valence-corrected chi connectivity index (χ3v) is 3.07. The Balaban J connectivity index is 1.99. The fourth-order valence-electron chi connectivity index (χ4n) is 1.91. The maximum absolute atomic E-state index is 11.7. The molecule has 1 aliphatic rings. The molecule has 2 aromatic rings. The minimum Gasteiger partial charge on any atom is -0.326 e. The fraction of sp³-hybridized carbons (Fsp3) is 0.333. The molecule has 1 aromatic carbocycles. The summed E-state index contributed by atoms with van der Waals surface area (Å²) in [6.45, 7) is 1.91. The molecule has 1 fully saturated rings. The van der Waals surface area contributed by atoms with E-state index in [1.54, 1.807) is 6.07 Å². The van der Waals surface area contributed by atoms with Gasteiger partial charge in [-0.2, -0.15) is 0 Å². The molecule has 1 heterocycles. The van der Waals surface area contributed by atoms with Gasteiger partial charge < -0.3 is 15.3 Å². The van der Waals surface area contributed by atoms with E-state index in [-0.39, 0.29) is 17.5 Å². The van der Waals surface area contributed by atoms with Crippen molar-refractivity contribution in [2.45, 2.75) is 19.8 Å². The third-order valence-electron chi connectivity index (χ3n) is 3.07. The van der Waals surface area contributed by atoms with Crippen molar-refractivity contribution in [2.24, 2.45) is 5.92 Å². The summed E-state index contributed by atoms with van der Waals surface area (Å²) in [4.78, 5) is 28.2. The van der Waals surface area contributed by atoms with E-state index in [9.17, 15) is 9.59 Å². The van der Waals surface area contributed by atoms with Crippen LogP contribution >= 0.6 is 0 Å². The Bertz CT molecular complexity index is 649. The molecule has 88 valence electrons. The normalized spacial score (nSPS) is 15.1. The summed E-state index contributed by atoms with van der Waals surface area (Å²) in [5.74, 6) is 0.251. The number of H-pyrrole nitrogens is 2. The predicted octanol–water partition coefficient (Wildman–Crippen LogP) is 1.51. The Morgan fingerprint density at radius 3 is 2.59 bits per heavy atom. The molecule has 0 atom stereocenters. The highest BCUT2D eigenvalue weighted by atomic mass is 16.2. The van der Waals surface area contributed by atoms with Crippen LogP contribution in [0.25, 0.3) is 11.0 Å². The van der Waals surface area contributed by atoms with E-state index >= 15 is 0 Å². The average Bonchev–Trinajstić information content (AvgIpc) is 3.03. The highest BCUT2D eigenvalue weighted by Crippen LogP contribution is 2.31. The Kier molecular flexibility index (Phi) is 2.07. The first-order valence-corrected chi connectivity index (χ1v) is 5.67. The molecule has 0 saturated heterocycles. The first-order chi connectivity index (χ1) is 8.13. The van der Waals surface area contributed by atoms with Gasteiger partial charge in [-0.3, -0.25) is 4.79 Å². The molecule has 0 unspecified atom stereocenters. The van der Waals surface area contributed by atoms with Gasteiger partial charge in [-0.25, -0.2) is 4.79 Å². The number of aromatic amines is 2. The molecule has 0 aliphatic heterocycles. The standard InChI is InChI=1S/C12H13N3O2/c1-6-4-9-10(15-12(17)14-9)5-8(6)13-11(16)7-2-3-7/h4-5,7H,2-3H2,1H3,(H,13,16)(H2,14,15,17). The monoisotopic (exact) mass is 231 g/mol. The van der Waals surface area contributed by atoms with Gasteiger partial charge in [0.2, 0.25) is 5.91 Å². The van der Waals surface area contributed by atoms with E-state index < -0.39 is 0 Å². The van der Waals surface area contributed by atoms with Gasteiger partial charge in [-0.15, -0.1) is 0 Å². The molecule has 1 saturated carbocycles. The topological polar surface area (TPSA) is 77.8 Å². The molecule has 5 nitrogen and oxygen atoms in total. The minimum absolute atomic E-state index is 0.0744. The second-order valence-electron chi connectivity index (χ2n) is 4.56. The van der Waals surface area contributed by atoms with E-state index in [0.29, 0.717) is 5.52 Å². The molecular weight excluding hydrogens is 218 g/mol. The molecule has 17 heavy (non-hydrogen) atoms. The highest BCUT2D eigenvalue weighted by molar-refractivity contribution is 5.96. The quantitative estimate of drug-likeness (QED) is 0.732. The van der Waals surface area contributed by atoms with E-state index in [1.165, 1.54) is 0 Å². The number of benzene rings is 1. The number of aryl methyl sites for hydroxylation is 1. The second kappa shape index (κ2) is 3.48. The van der Waals surface area contributed by atoms with Crippen LogP contribution in [0.2, 0.25) is 0 Å². The summed E-state index contributed by atoms with van der Waals surface area (Å²) >= 11 is 0. The van der Waals surface area contributed by atoms with Gasteiger partial charge in [-0.05, 0) is 37.5 Å². The van der Waals surface area contributed by atoms with Crippen molar-refractivity contribution in [3.05, 3.63) is 28.2 Å². The zero-order chi connectivity index (χ0) is 12.0. The van der Waals surface area contributed by atoms with Crippen LogP contribution in [0.5, 0.6) is 0 Å². The van der Waals surface area contributed by atoms with Gasteiger partial charge >= 0.3 is 5.69 Å². The molecule has 0 bridgehead atoms. The van der Waals surface area contributed by atoms with Crippen molar-refractivity contribution in [3.8, 4) is 0 Å². The summed E-state index contributed by atoms with van der Waals surface area (Å²) in [5.41, 5.74) is 2.96. The molecule has 0 spiro atoms. The van der Waals surface area contributed by atoms with Gasteiger partial charge in [0.15, 0.2) is 0 Å². The first-order valence-electron chi connectivity index (χ1n) is 5.67. The lowest BCUT2D eigenvalue weighted by atomic mass is 10.1. The molecule has 1 aromatic heterocycles. The number of amides is 1. The number of hydrogen-bond donors (Lipinski definition) is 3. The van der Waals surface area contributed by atoms with Gasteiger partial charge in [-0.1, -0.05) is 0 Å². The molecular formula is C12H13N3O2. The number of fused-ring (bicyclic) bond motifs is 1. The smallest absolute Gasteiger partial charge is 0.323 e. The summed E-state index contributed by atoms with van der Waals surface area (Å²) in [5, 5.41) is 2.90. The van der Waals surface area contributed by atoms with Crippen molar-refractivity contribution < 1.29 is 4.79 Å². The fourth-order valence-corrected chi connectivity index (χ4v) is 1.91. The van der Waals surface area contributed by atoms with E-state index in [2.05, 4.69) is 15.3 Å². The second-order valence-corrected chi connectivity index (χ2v) is 4.56. The zero-order valence-corrected chi connectivity index (χ0v) is 9.46. The van der Waals surface area contributed by atoms with E-state index in [4.69, 9.17) is 0 Å². The Morgan fingerprint density at radius 1 is 1.29 bits per heavy atom. The molecule has 3 N–H and O–H groups in total. The molecule has 1 aliphatic carbocycles. The maximum Gasteiger partial charge on any atom is 0.323 e. The number of carbonyl (C=O) groups excluding carboxylic acids is 1. The average molecular weight is 231 g/mol. The lowest BCUT2D eigenvalue weighted by Gasteiger charge is -2.07. The molecule has 5 heteroatoms. The molecule has 0 radical (unpaired) electrons. The van der Waals surface area contributed by atoms with E-state index in [1.807, 2.05) is 13.0 Å². The van der Waals surface area contributed by atoms with Crippen LogP contribution in [0.4, 0.5) is 5.69 Å². The largest absolute Gasteiger partial charge is 0.326 e. The van der Waals surface area contributed by atoms with Crippen LogP contribution in [-0.2, 0) is 4.79 Å². The van der Waals surface area contributed by atoms with Crippen LogP contribution in [0.15, 0.2) is 16.9 Å². The van der Waals surface area contributed by atoms with Crippen molar-refractivity contribution in [3.63, 3.8) is 0 Å². The lowest BCUT2D eigenvalue weighted by Crippen LogP contribution is -2.14. The van der Waals surface area contributed by atoms with Gasteiger partial charge in [0.05, 0.1) is 11.0 Å². The Morgan fingerprint density at radius 2 is 1.94 bits per heavy atom. The SMILES string of the molecule is Cc1cc2[nH]c(=O)[nH]c2cc1NC(=O)C1CC1. The van der Waals surface area contributed by atoms with Crippen LogP contribution in [-0.4, -0.2) is 15.9 Å². The number of anilines is 1. The number of carbonyl (C=O) groups is 1. The summed E-state index contributed by atoms with van der Waals surface area (Å²) in [6.07, 6.45) is 1.96. The Labute approximate surface area is 97.2 Å². The number of rotatable bonds is 2. The Hall–Kier alpha value is -2.04.